The Kier molecular flexibility index (Phi) is 6.29. The Bertz CT molecular complexity index is 2180. The van der Waals surface area contributed by atoms with Crippen molar-refractivity contribution < 1.29 is 0 Å². The first-order valence-electron chi connectivity index (χ1n) is 15.2. The fraction of sp³-hybridized carbons (Fsp3) is 0.0238. The van der Waals surface area contributed by atoms with Gasteiger partial charge in [0.1, 0.15) is 0 Å². The molecule has 3 heterocycles. The monoisotopic (exact) mass is 609 g/mol. The number of pyridine rings is 1. The molecule has 0 saturated carbocycles. The minimum Gasteiger partial charge on any atom is -0.248 e. The van der Waals surface area contributed by atoms with Crippen molar-refractivity contribution in [2.24, 2.45) is 0 Å². The number of aromatic nitrogens is 1. The molecule has 1 nitrogen and oxygen atoms in total. The van der Waals surface area contributed by atoms with Crippen LogP contribution in [0.15, 0.2) is 183 Å². The van der Waals surface area contributed by atoms with Gasteiger partial charge in [-0.25, -0.2) is 4.98 Å². The normalized spacial score (nSPS) is 13.8. The highest BCUT2D eigenvalue weighted by atomic mass is 32.2. The predicted octanol–water partition coefficient (Wildman–Crippen LogP) is 11.4. The van der Waals surface area contributed by atoms with Crippen LogP contribution in [0.1, 0.15) is 22.3 Å². The van der Waals surface area contributed by atoms with Crippen LogP contribution in [0.4, 0.5) is 0 Å². The lowest BCUT2D eigenvalue weighted by molar-refractivity contribution is 0.667. The van der Waals surface area contributed by atoms with Gasteiger partial charge in [-0.15, -0.1) is 0 Å². The SMILES string of the molecule is c1ccc(-c2ccc3c(c2)Sc2cc(-c4cccc(-c5ccccc5)n4)ccc2C32c3ccccc3Sc3ccccc32)cc1. The van der Waals surface area contributed by atoms with Crippen molar-refractivity contribution in [3.63, 3.8) is 0 Å². The molecule has 0 saturated heterocycles. The van der Waals surface area contributed by atoms with E-state index < -0.39 is 5.41 Å². The lowest BCUT2D eigenvalue weighted by atomic mass is 9.64. The van der Waals surface area contributed by atoms with Gasteiger partial charge >= 0.3 is 0 Å². The summed E-state index contributed by atoms with van der Waals surface area (Å²) in [4.78, 5) is 10.3. The molecule has 0 aliphatic carbocycles. The van der Waals surface area contributed by atoms with Gasteiger partial charge in [-0.05, 0) is 69.8 Å². The Hall–Kier alpha value is -4.83. The third-order valence-corrected chi connectivity index (χ3v) is 11.3. The standard InChI is InChI=1S/C42H27NS2/c1-3-12-28(13-4-1)30-22-24-34-40(26-30)45-41-27-31(37-19-11-18-36(43-37)29-14-5-2-6-15-29)23-25-35(41)42(34)32-16-7-9-20-38(32)44-39-21-10-8-17-33(39)42/h1-27H. The van der Waals surface area contributed by atoms with Gasteiger partial charge in [-0.3, -0.25) is 0 Å². The van der Waals surface area contributed by atoms with Gasteiger partial charge in [0, 0.05) is 30.7 Å². The Morgan fingerprint density at radius 3 is 1.44 bits per heavy atom. The third kappa shape index (κ3) is 4.23. The van der Waals surface area contributed by atoms with E-state index >= 15 is 0 Å². The molecule has 6 aromatic carbocycles. The molecule has 0 bridgehead atoms. The van der Waals surface area contributed by atoms with Gasteiger partial charge in [0.05, 0.1) is 16.8 Å². The van der Waals surface area contributed by atoms with E-state index in [2.05, 4.69) is 158 Å². The van der Waals surface area contributed by atoms with Crippen LogP contribution in [0.3, 0.4) is 0 Å². The van der Waals surface area contributed by atoms with Crippen LogP contribution in [-0.2, 0) is 5.41 Å². The maximum Gasteiger partial charge on any atom is 0.0745 e. The lowest BCUT2D eigenvalue weighted by Crippen LogP contribution is -2.36. The Morgan fingerprint density at radius 2 is 0.800 bits per heavy atom. The summed E-state index contributed by atoms with van der Waals surface area (Å²) in [6, 6.07) is 59.5. The molecule has 9 rings (SSSR count). The summed E-state index contributed by atoms with van der Waals surface area (Å²) in [7, 11) is 0. The van der Waals surface area contributed by atoms with Crippen LogP contribution in [0.2, 0.25) is 0 Å². The van der Waals surface area contributed by atoms with E-state index in [1.807, 2.05) is 29.6 Å². The van der Waals surface area contributed by atoms with E-state index in [9.17, 15) is 0 Å². The molecule has 0 atom stereocenters. The van der Waals surface area contributed by atoms with Crippen LogP contribution in [0.25, 0.3) is 33.6 Å². The van der Waals surface area contributed by atoms with Crippen molar-refractivity contribution in [2.45, 2.75) is 25.0 Å². The average Bonchev–Trinajstić information content (AvgIpc) is 3.12. The zero-order valence-corrected chi connectivity index (χ0v) is 26.0. The van der Waals surface area contributed by atoms with Crippen molar-refractivity contribution in [2.75, 3.05) is 0 Å². The number of nitrogens with zero attached hydrogens (tertiary/aromatic N) is 1. The summed E-state index contributed by atoms with van der Waals surface area (Å²) in [5.74, 6) is 0. The molecule has 0 amide bonds. The van der Waals surface area contributed by atoms with Gasteiger partial charge < -0.3 is 0 Å². The molecule has 0 radical (unpaired) electrons. The molecular weight excluding hydrogens is 583 g/mol. The molecule has 0 N–H and O–H groups in total. The smallest absolute Gasteiger partial charge is 0.0745 e. The summed E-state index contributed by atoms with van der Waals surface area (Å²) in [5, 5.41) is 0. The zero-order valence-electron chi connectivity index (χ0n) is 24.4. The van der Waals surface area contributed by atoms with Gasteiger partial charge in [-0.1, -0.05) is 151 Å². The van der Waals surface area contributed by atoms with Crippen molar-refractivity contribution in [1.82, 2.24) is 4.98 Å². The average molecular weight is 610 g/mol. The highest BCUT2D eigenvalue weighted by molar-refractivity contribution is 8.00. The van der Waals surface area contributed by atoms with E-state index in [1.165, 1.54) is 53.0 Å². The largest absolute Gasteiger partial charge is 0.248 e. The molecule has 212 valence electrons. The second kappa shape index (κ2) is 10.7. The summed E-state index contributed by atoms with van der Waals surface area (Å²) >= 11 is 3.77. The number of hydrogen-bond acceptors (Lipinski definition) is 3. The summed E-state index contributed by atoms with van der Waals surface area (Å²) in [6.45, 7) is 0. The van der Waals surface area contributed by atoms with Crippen molar-refractivity contribution in [3.8, 4) is 33.6 Å². The molecule has 1 aromatic heterocycles. The topological polar surface area (TPSA) is 12.9 Å². The van der Waals surface area contributed by atoms with E-state index in [1.54, 1.807) is 0 Å². The van der Waals surface area contributed by atoms with Gasteiger partial charge in [-0.2, -0.15) is 0 Å². The zero-order chi connectivity index (χ0) is 29.8. The van der Waals surface area contributed by atoms with E-state index in [0.717, 1.165) is 22.5 Å². The first kappa shape index (κ1) is 26.6. The maximum atomic E-state index is 5.12. The predicted molar refractivity (Wildman–Crippen MR) is 187 cm³/mol. The number of hydrogen-bond donors (Lipinski definition) is 0. The van der Waals surface area contributed by atoms with Gasteiger partial charge in [0.15, 0.2) is 0 Å². The Balaban J connectivity index is 1.30. The highest BCUT2D eigenvalue weighted by Crippen LogP contribution is 2.62. The quantitative estimate of drug-likeness (QED) is 0.198. The molecule has 0 unspecified atom stereocenters. The first-order valence-corrected chi connectivity index (χ1v) is 16.8. The van der Waals surface area contributed by atoms with Crippen LogP contribution in [0.5, 0.6) is 0 Å². The number of rotatable bonds is 3. The number of benzene rings is 6. The van der Waals surface area contributed by atoms with Crippen LogP contribution >= 0.6 is 23.5 Å². The summed E-state index contributed by atoms with van der Waals surface area (Å²) < 4.78 is 0. The lowest BCUT2D eigenvalue weighted by Gasteiger charge is -2.45. The van der Waals surface area contributed by atoms with Crippen molar-refractivity contribution in [3.05, 3.63) is 186 Å². The maximum absolute atomic E-state index is 5.12. The molecule has 0 fully saturated rings. The Labute approximate surface area is 272 Å². The van der Waals surface area contributed by atoms with Gasteiger partial charge in [0.25, 0.3) is 0 Å². The number of fused-ring (bicyclic) bond motifs is 8. The van der Waals surface area contributed by atoms with E-state index in [-0.39, 0.29) is 0 Å². The summed E-state index contributed by atoms with van der Waals surface area (Å²) in [6.07, 6.45) is 0. The molecule has 2 aliphatic heterocycles. The molecule has 2 aliphatic rings. The van der Waals surface area contributed by atoms with E-state index in [0.29, 0.717) is 0 Å². The second-order valence-electron chi connectivity index (χ2n) is 11.5. The molecule has 7 aromatic rings. The van der Waals surface area contributed by atoms with Crippen molar-refractivity contribution in [1.29, 1.82) is 0 Å². The fourth-order valence-corrected chi connectivity index (χ4v) is 9.47. The molecule has 3 heteroatoms. The van der Waals surface area contributed by atoms with Crippen LogP contribution in [-0.4, -0.2) is 4.98 Å². The van der Waals surface area contributed by atoms with Crippen LogP contribution < -0.4 is 0 Å². The minimum atomic E-state index is -0.429. The second-order valence-corrected chi connectivity index (χ2v) is 13.7. The fourth-order valence-electron chi connectivity index (χ4n) is 7.01. The van der Waals surface area contributed by atoms with Gasteiger partial charge in [0.2, 0.25) is 0 Å². The van der Waals surface area contributed by atoms with Crippen molar-refractivity contribution >= 4 is 23.5 Å². The minimum absolute atomic E-state index is 0.429. The first-order chi connectivity index (χ1) is 22.3. The van der Waals surface area contributed by atoms with Crippen LogP contribution in [0, 0.1) is 0 Å². The molecule has 45 heavy (non-hydrogen) atoms. The highest BCUT2D eigenvalue weighted by Gasteiger charge is 2.48. The third-order valence-electron chi connectivity index (χ3n) is 9.01. The van der Waals surface area contributed by atoms with E-state index in [4.69, 9.17) is 4.98 Å². The Morgan fingerprint density at radius 1 is 0.333 bits per heavy atom. The molecule has 1 spiro atoms. The molecular formula is C42H27NS2. The summed E-state index contributed by atoms with van der Waals surface area (Å²) in [5.41, 5.74) is 11.6.